The van der Waals surface area contributed by atoms with Gasteiger partial charge in [-0.25, -0.2) is 0 Å². The minimum Gasteiger partial charge on any atom is -0.480 e. The van der Waals surface area contributed by atoms with E-state index in [1.165, 1.54) is 0 Å². The minimum atomic E-state index is -0.806. The molecule has 1 aliphatic rings. The normalized spacial score (nSPS) is 23.6. The predicted molar refractivity (Wildman–Crippen MR) is 48.5 cm³/mol. The van der Waals surface area contributed by atoms with Crippen molar-refractivity contribution >= 4 is 5.97 Å². The van der Waals surface area contributed by atoms with Crippen LogP contribution in [0.25, 0.3) is 0 Å². The van der Waals surface area contributed by atoms with Crippen LogP contribution >= 0.6 is 0 Å². The van der Waals surface area contributed by atoms with Crippen LogP contribution in [-0.4, -0.2) is 33.9 Å². The quantitative estimate of drug-likeness (QED) is 0.581. The van der Waals surface area contributed by atoms with E-state index in [2.05, 4.69) is 5.32 Å². The van der Waals surface area contributed by atoms with Crippen molar-refractivity contribution in [2.24, 2.45) is 0 Å². The van der Waals surface area contributed by atoms with Crippen LogP contribution in [0.4, 0.5) is 0 Å². The summed E-state index contributed by atoms with van der Waals surface area (Å²) >= 11 is 0. The van der Waals surface area contributed by atoms with E-state index in [-0.39, 0.29) is 0 Å². The van der Waals surface area contributed by atoms with Gasteiger partial charge in [0.1, 0.15) is 5.54 Å². The molecule has 0 radical (unpaired) electrons. The minimum absolute atomic E-state index is 0.343. The second kappa shape index (κ2) is 3.27. The monoisotopic (exact) mass is 187 g/mol. The summed E-state index contributed by atoms with van der Waals surface area (Å²) in [6.07, 6.45) is 1.96. The van der Waals surface area contributed by atoms with Crippen molar-refractivity contribution in [2.75, 3.05) is 6.54 Å². The molecule has 1 saturated carbocycles. The Morgan fingerprint density at radius 2 is 2.15 bits per heavy atom. The molecule has 0 aromatic heterocycles. The molecular weight excluding hydrogens is 170 g/mol. The maximum absolute atomic E-state index is 10.7. The number of carboxylic acid groups (broad SMARTS) is 1. The van der Waals surface area contributed by atoms with Gasteiger partial charge in [0, 0.05) is 6.54 Å². The molecule has 1 unspecified atom stereocenters. The first kappa shape index (κ1) is 10.5. The zero-order valence-electron chi connectivity index (χ0n) is 8.13. The maximum atomic E-state index is 10.7. The largest absolute Gasteiger partial charge is 0.480 e. The summed E-state index contributed by atoms with van der Waals surface area (Å²) in [4.78, 5) is 10.7. The number of hydrogen-bond acceptors (Lipinski definition) is 3. The van der Waals surface area contributed by atoms with Gasteiger partial charge >= 0.3 is 5.97 Å². The molecule has 4 heteroatoms. The molecule has 0 spiro atoms. The third-order valence-corrected chi connectivity index (χ3v) is 2.73. The molecule has 0 aromatic rings. The van der Waals surface area contributed by atoms with Crippen LogP contribution in [-0.2, 0) is 4.79 Å². The summed E-state index contributed by atoms with van der Waals surface area (Å²) in [6.45, 7) is 3.93. The van der Waals surface area contributed by atoms with Crippen molar-refractivity contribution in [3.63, 3.8) is 0 Å². The molecule has 0 saturated heterocycles. The van der Waals surface area contributed by atoms with E-state index < -0.39 is 17.1 Å². The molecule has 0 bridgehead atoms. The third kappa shape index (κ3) is 2.42. The number of carboxylic acids is 1. The van der Waals surface area contributed by atoms with Crippen LogP contribution in [0.15, 0.2) is 0 Å². The topological polar surface area (TPSA) is 69.6 Å². The van der Waals surface area contributed by atoms with Crippen molar-refractivity contribution in [3.05, 3.63) is 0 Å². The first-order valence-corrected chi connectivity index (χ1v) is 4.63. The van der Waals surface area contributed by atoms with Gasteiger partial charge in [0.2, 0.25) is 0 Å². The summed E-state index contributed by atoms with van der Waals surface area (Å²) in [5, 5.41) is 21.4. The average Bonchev–Trinajstić information content (AvgIpc) is 2.82. The number of nitrogens with one attached hydrogen (secondary N) is 1. The van der Waals surface area contributed by atoms with Crippen LogP contribution < -0.4 is 5.32 Å². The van der Waals surface area contributed by atoms with E-state index in [9.17, 15) is 9.90 Å². The summed E-state index contributed by atoms with van der Waals surface area (Å²) in [5.74, 6) is -0.806. The fourth-order valence-corrected chi connectivity index (χ4v) is 1.08. The molecule has 1 rings (SSSR count). The van der Waals surface area contributed by atoms with Gasteiger partial charge in [0.15, 0.2) is 0 Å². The molecule has 13 heavy (non-hydrogen) atoms. The van der Waals surface area contributed by atoms with E-state index in [1.54, 1.807) is 6.92 Å². The lowest BCUT2D eigenvalue weighted by atomic mass is 10.0. The SMILES string of the molecule is CCC(C)(O)CNC1(C(=O)O)CC1. The van der Waals surface area contributed by atoms with Crippen molar-refractivity contribution in [1.82, 2.24) is 5.32 Å². The Morgan fingerprint density at radius 1 is 1.62 bits per heavy atom. The summed E-state index contributed by atoms with van der Waals surface area (Å²) < 4.78 is 0. The lowest BCUT2D eigenvalue weighted by Gasteiger charge is -2.24. The Kier molecular flexibility index (Phi) is 2.63. The highest BCUT2D eigenvalue weighted by atomic mass is 16.4. The van der Waals surface area contributed by atoms with Crippen LogP contribution in [0.1, 0.15) is 33.1 Å². The van der Waals surface area contributed by atoms with Gasteiger partial charge < -0.3 is 10.2 Å². The van der Waals surface area contributed by atoms with Crippen molar-refractivity contribution < 1.29 is 15.0 Å². The van der Waals surface area contributed by atoms with Gasteiger partial charge in [0.05, 0.1) is 5.60 Å². The van der Waals surface area contributed by atoms with Crippen molar-refractivity contribution in [1.29, 1.82) is 0 Å². The Morgan fingerprint density at radius 3 is 2.46 bits per heavy atom. The molecule has 0 heterocycles. The number of aliphatic carboxylic acids is 1. The summed E-state index contributed by atoms with van der Waals surface area (Å²) in [7, 11) is 0. The van der Waals surface area contributed by atoms with Crippen LogP contribution in [0, 0.1) is 0 Å². The van der Waals surface area contributed by atoms with E-state index in [1.807, 2.05) is 6.92 Å². The number of hydrogen-bond donors (Lipinski definition) is 3. The Balaban J connectivity index is 2.39. The Hall–Kier alpha value is -0.610. The van der Waals surface area contributed by atoms with E-state index >= 15 is 0 Å². The molecular formula is C9H17NO3. The summed E-state index contributed by atoms with van der Waals surface area (Å²) in [6, 6.07) is 0. The molecule has 4 nitrogen and oxygen atoms in total. The zero-order chi connectivity index (χ0) is 10.1. The van der Waals surface area contributed by atoms with Crippen molar-refractivity contribution in [3.8, 4) is 0 Å². The van der Waals surface area contributed by atoms with Gasteiger partial charge in [-0.3, -0.25) is 10.1 Å². The van der Waals surface area contributed by atoms with E-state index in [0.717, 1.165) is 0 Å². The summed E-state index contributed by atoms with van der Waals surface area (Å²) in [5.41, 5.74) is -1.54. The van der Waals surface area contributed by atoms with Gasteiger partial charge in [-0.2, -0.15) is 0 Å². The molecule has 0 aromatic carbocycles. The molecule has 1 aliphatic carbocycles. The fourth-order valence-electron chi connectivity index (χ4n) is 1.08. The average molecular weight is 187 g/mol. The number of aliphatic hydroxyl groups is 1. The lowest BCUT2D eigenvalue weighted by molar-refractivity contribution is -0.141. The highest BCUT2D eigenvalue weighted by Crippen LogP contribution is 2.35. The third-order valence-electron chi connectivity index (χ3n) is 2.73. The standard InChI is InChI=1S/C9H17NO3/c1-3-8(2,13)6-10-9(4-5-9)7(11)12/h10,13H,3-6H2,1-2H3,(H,11,12). The predicted octanol–water partition coefficient (Wildman–Crippen LogP) is 0.354. The van der Waals surface area contributed by atoms with E-state index in [4.69, 9.17) is 5.11 Å². The molecule has 0 amide bonds. The van der Waals surface area contributed by atoms with Gasteiger partial charge in [-0.05, 0) is 26.2 Å². The first-order valence-electron chi connectivity index (χ1n) is 4.63. The van der Waals surface area contributed by atoms with E-state index in [0.29, 0.717) is 25.8 Å². The Labute approximate surface area is 78.0 Å². The molecule has 0 aliphatic heterocycles. The molecule has 76 valence electrons. The van der Waals surface area contributed by atoms with Gasteiger partial charge in [0.25, 0.3) is 0 Å². The van der Waals surface area contributed by atoms with Gasteiger partial charge in [-0.1, -0.05) is 6.92 Å². The zero-order valence-corrected chi connectivity index (χ0v) is 8.13. The number of rotatable bonds is 5. The number of carbonyl (C=O) groups is 1. The van der Waals surface area contributed by atoms with Crippen LogP contribution in [0.5, 0.6) is 0 Å². The number of β-amino-alcohol motifs (C(OH)–C–C–N with tert-alkyl or cyclic N) is 1. The smallest absolute Gasteiger partial charge is 0.323 e. The van der Waals surface area contributed by atoms with Crippen LogP contribution in [0.3, 0.4) is 0 Å². The highest BCUT2D eigenvalue weighted by Gasteiger charge is 2.50. The lowest BCUT2D eigenvalue weighted by Crippen LogP contribution is -2.47. The van der Waals surface area contributed by atoms with Crippen molar-refractivity contribution in [2.45, 2.75) is 44.2 Å². The highest BCUT2D eigenvalue weighted by molar-refractivity contribution is 5.82. The second-order valence-electron chi connectivity index (χ2n) is 4.09. The molecule has 1 fully saturated rings. The van der Waals surface area contributed by atoms with Gasteiger partial charge in [-0.15, -0.1) is 0 Å². The molecule has 1 atom stereocenters. The second-order valence-corrected chi connectivity index (χ2v) is 4.09. The van der Waals surface area contributed by atoms with Crippen LogP contribution in [0.2, 0.25) is 0 Å². The fraction of sp³-hybridized carbons (Fsp3) is 0.889. The molecule has 3 N–H and O–H groups in total. The first-order chi connectivity index (χ1) is 5.92. The Bertz CT molecular complexity index is 209. The maximum Gasteiger partial charge on any atom is 0.323 e.